The Morgan fingerprint density at radius 1 is 0.946 bits per heavy atom. The van der Waals surface area contributed by atoms with Crippen LogP contribution in [0.2, 0.25) is 0 Å². The minimum absolute atomic E-state index is 0.103. The van der Waals surface area contributed by atoms with Crippen LogP contribution in [0.1, 0.15) is 36.8 Å². The summed E-state index contributed by atoms with van der Waals surface area (Å²) < 4.78 is 17.6. The van der Waals surface area contributed by atoms with E-state index in [1.165, 1.54) is 42.6 Å². The van der Waals surface area contributed by atoms with E-state index in [2.05, 4.69) is 58.7 Å². The molecule has 1 N–H and O–H groups in total. The summed E-state index contributed by atoms with van der Waals surface area (Å²) in [4.78, 5) is 13.8. The number of methoxy groups -OCH3 is 1. The molecule has 0 aromatic heterocycles. The van der Waals surface area contributed by atoms with Gasteiger partial charge in [-0.05, 0) is 85.3 Å². The van der Waals surface area contributed by atoms with Crippen LogP contribution in [0, 0.1) is 0 Å². The van der Waals surface area contributed by atoms with Crippen molar-refractivity contribution in [3.63, 3.8) is 0 Å². The summed E-state index contributed by atoms with van der Waals surface area (Å²) in [5.41, 5.74) is 4.76. The van der Waals surface area contributed by atoms with Crippen molar-refractivity contribution < 1.29 is 19.0 Å². The van der Waals surface area contributed by atoms with E-state index in [4.69, 9.17) is 14.2 Å². The molecule has 2 fully saturated rings. The third kappa shape index (κ3) is 6.63. The fourth-order valence-electron chi connectivity index (χ4n) is 5.14. The molecule has 0 saturated carbocycles. The number of carbonyl (C=O) groups excluding carboxylic acids is 1. The molecule has 6 heteroatoms. The number of hydrogen-bond donors (Lipinski definition) is 1. The lowest BCUT2D eigenvalue weighted by molar-refractivity contribution is -0.119. The van der Waals surface area contributed by atoms with E-state index in [1.807, 2.05) is 18.2 Å². The van der Waals surface area contributed by atoms with Crippen molar-refractivity contribution in [3.8, 4) is 28.4 Å². The van der Waals surface area contributed by atoms with Gasteiger partial charge in [0.05, 0.1) is 13.2 Å². The van der Waals surface area contributed by atoms with Crippen LogP contribution in [0.25, 0.3) is 11.1 Å². The second-order valence-corrected chi connectivity index (χ2v) is 9.85. The van der Waals surface area contributed by atoms with Gasteiger partial charge in [-0.15, -0.1) is 0 Å². The highest BCUT2D eigenvalue weighted by Crippen LogP contribution is 2.32. The summed E-state index contributed by atoms with van der Waals surface area (Å²) in [6.45, 7) is 4.48. The maximum atomic E-state index is 11.4. The SMILES string of the molecule is COc1cc(Cc2ccccc2-c2ccc(OCC3CCC(=O)N3)cc2)ccc1OCCN1CCCC1. The van der Waals surface area contributed by atoms with Gasteiger partial charge in [0.15, 0.2) is 11.5 Å². The largest absolute Gasteiger partial charge is 0.493 e. The van der Waals surface area contributed by atoms with E-state index < -0.39 is 0 Å². The molecule has 1 amide bonds. The van der Waals surface area contributed by atoms with Crippen molar-refractivity contribution in [2.45, 2.75) is 38.1 Å². The van der Waals surface area contributed by atoms with Crippen LogP contribution in [0.5, 0.6) is 17.2 Å². The second kappa shape index (κ2) is 12.2. The first kappa shape index (κ1) is 25.2. The fourth-order valence-corrected chi connectivity index (χ4v) is 5.14. The van der Waals surface area contributed by atoms with Gasteiger partial charge in [-0.1, -0.05) is 42.5 Å². The fraction of sp³-hybridized carbons (Fsp3) is 0.387. The Morgan fingerprint density at radius 2 is 1.76 bits per heavy atom. The molecule has 2 aliphatic heterocycles. The van der Waals surface area contributed by atoms with Crippen LogP contribution in [0.15, 0.2) is 66.7 Å². The van der Waals surface area contributed by atoms with Crippen LogP contribution in [-0.2, 0) is 11.2 Å². The number of ether oxygens (including phenoxy) is 3. The number of nitrogens with one attached hydrogen (secondary N) is 1. The number of benzene rings is 3. The van der Waals surface area contributed by atoms with Crippen LogP contribution in [0.3, 0.4) is 0 Å². The highest BCUT2D eigenvalue weighted by molar-refractivity contribution is 5.78. The molecule has 3 aromatic rings. The standard InChI is InChI=1S/C31H36N2O4/c1-35-30-21-23(8-14-29(30)36-19-18-33-16-4-5-17-33)20-25-6-2-3-7-28(25)24-9-12-27(13-10-24)37-22-26-11-15-31(34)32-26/h2-3,6-10,12-14,21,26H,4-5,11,15-20,22H2,1H3,(H,32,34). The molecule has 2 aliphatic rings. The molecule has 2 heterocycles. The van der Waals surface area contributed by atoms with E-state index >= 15 is 0 Å². The van der Waals surface area contributed by atoms with Gasteiger partial charge in [-0.2, -0.15) is 0 Å². The molecule has 1 unspecified atom stereocenters. The molecule has 194 valence electrons. The van der Waals surface area contributed by atoms with Gasteiger partial charge < -0.3 is 19.5 Å². The Bertz CT molecular complexity index is 1190. The first-order valence-electron chi connectivity index (χ1n) is 13.3. The Hall–Kier alpha value is -3.51. The third-order valence-electron chi connectivity index (χ3n) is 7.21. The summed E-state index contributed by atoms with van der Waals surface area (Å²) in [5.74, 6) is 2.49. The zero-order chi connectivity index (χ0) is 25.5. The predicted molar refractivity (Wildman–Crippen MR) is 146 cm³/mol. The van der Waals surface area contributed by atoms with Gasteiger partial charge in [0.1, 0.15) is 19.0 Å². The number of rotatable bonds is 11. The highest BCUT2D eigenvalue weighted by atomic mass is 16.5. The summed E-state index contributed by atoms with van der Waals surface area (Å²) in [6.07, 6.45) is 4.79. The van der Waals surface area contributed by atoms with Gasteiger partial charge in [0.25, 0.3) is 0 Å². The summed E-state index contributed by atoms with van der Waals surface area (Å²) >= 11 is 0. The monoisotopic (exact) mass is 500 g/mol. The molecule has 1 atom stereocenters. The molecular weight excluding hydrogens is 464 g/mol. The van der Waals surface area contributed by atoms with Crippen molar-refractivity contribution in [3.05, 3.63) is 77.9 Å². The average molecular weight is 501 g/mol. The Morgan fingerprint density at radius 3 is 2.51 bits per heavy atom. The van der Waals surface area contributed by atoms with Crippen LogP contribution >= 0.6 is 0 Å². The van der Waals surface area contributed by atoms with Gasteiger partial charge in [0, 0.05) is 13.0 Å². The Balaban J connectivity index is 1.23. The smallest absolute Gasteiger partial charge is 0.220 e. The predicted octanol–water partition coefficient (Wildman–Crippen LogP) is 5.09. The molecule has 5 rings (SSSR count). The van der Waals surface area contributed by atoms with Crippen molar-refractivity contribution in [1.29, 1.82) is 0 Å². The Labute approximate surface area is 219 Å². The molecule has 3 aromatic carbocycles. The van der Waals surface area contributed by atoms with E-state index in [9.17, 15) is 4.79 Å². The quantitative estimate of drug-likeness (QED) is 0.398. The minimum Gasteiger partial charge on any atom is -0.493 e. The van der Waals surface area contributed by atoms with Gasteiger partial charge in [-0.3, -0.25) is 9.69 Å². The van der Waals surface area contributed by atoms with E-state index in [0.717, 1.165) is 42.2 Å². The molecule has 0 aliphatic carbocycles. The second-order valence-electron chi connectivity index (χ2n) is 9.85. The normalized spacial score (nSPS) is 17.5. The molecule has 0 spiro atoms. The summed E-state index contributed by atoms with van der Waals surface area (Å²) in [5, 5.41) is 2.94. The maximum Gasteiger partial charge on any atom is 0.220 e. The number of likely N-dealkylation sites (tertiary alicyclic amines) is 1. The van der Waals surface area contributed by atoms with Crippen molar-refractivity contribution in [2.75, 3.05) is 40.0 Å². The van der Waals surface area contributed by atoms with Crippen molar-refractivity contribution >= 4 is 5.91 Å². The zero-order valence-electron chi connectivity index (χ0n) is 21.6. The lowest BCUT2D eigenvalue weighted by Gasteiger charge is -2.17. The van der Waals surface area contributed by atoms with E-state index in [1.54, 1.807) is 7.11 Å². The van der Waals surface area contributed by atoms with Crippen molar-refractivity contribution in [2.24, 2.45) is 0 Å². The van der Waals surface area contributed by atoms with E-state index in [-0.39, 0.29) is 11.9 Å². The van der Waals surface area contributed by atoms with Crippen LogP contribution in [0.4, 0.5) is 0 Å². The maximum absolute atomic E-state index is 11.4. The summed E-state index contributed by atoms with van der Waals surface area (Å²) in [6, 6.07) is 23.0. The lowest BCUT2D eigenvalue weighted by atomic mass is 9.95. The van der Waals surface area contributed by atoms with Crippen LogP contribution in [-0.4, -0.2) is 56.8 Å². The molecule has 37 heavy (non-hydrogen) atoms. The first-order valence-corrected chi connectivity index (χ1v) is 13.3. The van der Waals surface area contributed by atoms with Gasteiger partial charge in [0.2, 0.25) is 5.91 Å². The number of hydrogen-bond acceptors (Lipinski definition) is 5. The van der Waals surface area contributed by atoms with Gasteiger partial charge in [-0.25, -0.2) is 0 Å². The number of nitrogens with zero attached hydrogens (tertiary/aromatic N) is 1. The van der Waals surface area contributed by atoms with Crippen LogP contribution < -0.4 is 19.5 Å². The van der Waals surface area contributed by atoms with Crippen molar-refractivity contribution in [1.82, 2.24) is 10.2 Å². The topological polar surface area (TPSA) is 60.0 Å². The molecular formula is C31H36N2O4. The third-order valence-corrected chi connectivity index (χ3v) is 7.21. The molecule has 0 radical (unpaired) electrons. The first-order chi connectivity index (χ1) is 18.2. The lowest BCUT2D eigenvalue weighted by Crippen LogP contribution is -2.30. The number of carbonyl (C=O) groups is 1. The average Bonchev–Trinajstić information content (AvgIpc) is 3.60. The summed E-state index contributed by atoms with van der Waals surface area (Å²) in [7, 11) is 1.70. The molecule has 6 nitrogen and oxygen atoms in total. The molecule has 2 saturated heterocycles. The molecule has 0 bridgehead atoms. The highest BCUT2D eigenvalue weighted by Gasteiger charge is 2.21. The minimum atomic E-state index is 0.103. The Kier molecular flexibility index (Phi) is 8.26. The van der Waals surface area contributed by atoms with E-state index in [0.29, 0.717) is 19.6 Å². The van der Waals surface area contributed by atoms with Gasteiger partial charge >= 0.3 is 0 Å². The zero-order valence-corrected chi connectivity index (χ0v) is 21.6. The number of amides is 1.